The highest BCUT2D eigenvalue weighted by Gasteiger charge is 2.26. The van der Waals surface area contributed by atoms with E-state index in [1.165, 1.54) is 5.69 Å². The molecule has 6 rings (SSSR count). The van der Waals surface area contributed by atoms with Crippen LogP contribution < -0.4 is 5.32 Å². The standard InChI is InChI=1S/C28H35N7O2Si/c1-19-6-5-7-21(31-19)26-27(34-10-11-36-17-25(34)33-26)20-8-9-30-22(14-20)28-32-23-15-29-16-24(23)35(28)18-37-12-13-38(2,3)4/h5-9,14,29H,10-13,15-18H2,1-4H3. The predicted octanol–water partition coefficient (Wildman–Crippen LogP) is 4.62. The molecule has 0 bridgehead atoms. The van der Waals surface area contributed by atoms with E-state index in [0.717, 1.165) is 83.7 Å². The van der Waals surface area contributed by atoms with Crippen LogP contribution in [0.2, 0.25) is 25.7 Å². The summed E-state index contributed by atoms with van der Waals surface area (Å²) >= 11 is 0. The summed E-state index contributed by atoms with van der Waals surface area (Å²) in [6.07, 6.45) is 1.87. The fraction of sp³-hybridized carbons (Fsp3) is 0.429. The van der Waals surface area contributed by atoms with Gasteiger partial charge in [-0.05, 0) is 37.2 Å². The van der Waals surface area contributed by atoms with Crippen LogP contribution in [0.25, 0.3) is 34.2 Å². The molecule has 0 saturated carbocycles. The second-order valence-electron chi connectivity index (χ2n) is 11.2. The van der Waals surface area contributed by atoms with Crippen LogP contribution in [-0.2, 0) is 42.4 Å². The summed E-state index contributed by atoms with van der Waals surface area (Å²) in [5, 5.41) is 3.42. The van der Waals surface area contributed by atoms with Crippen LogP contribution in [0.15, 0.2) is 36.5 Å². The molecule has 0 atom stereocenters. The molecular formula is C28H35N7O2Si. The van der Waals surface area contributed by atoms with E-state index in [1.807, 2.05) is 31.3 Å². The molecular weight excluding hydrogens is 494 g/mol. The van der Waals surface area contributed by atoms with Gasteiger partial charge in [-0.3, -0.25) is 9.97 Å². The summed E-state index contributed by atoms with van der Waals surface area (Å²) in [5.41, 5.74) is 7.87. The average molecular weight is 530 g/mol. The van der Waals surface area contributed by atoms with Crippen molar-refractivity contribution in [3.8, 4) is 34.2 Å². The Morgan fingerprint density at radius 3 is 2.82 bits per heavy atom. The topological polar surface area (TPSA) is 91.9 Å². The van der Waals surface area contributed by atoms with E-state index in [9.17, 15) is 0 Å². The third-order valence-electron chi connectivity index (χ3n) is 7.09. The van der Waals surface area contributed by atoms with Gasteiger partial charge in [-0.1, -0.05) is 25.7 Å². The van der Waals surface area contributed by atoms with Crippen LogP contribution in [0.3, 0.4) is 0 Å². The number of hydrogen-bond acceptors (Lipinski definition) is 7. The molecule has 4 aromatic rings. The number of ether oxygens (including phenoxy) is 2. The van der Waals surface area contributed by atoms with Gasteiger partial charge in [0.2, 0.25) is 0 Å². The number of aryl methyl sites for hydroxylation is 1. The lowest BCUT2D eigenvalue weighted by molar-refractivity contribution is 0.0821. The van der Waals surface area contributed by atoms with E-state index in [1.54, 1.807) is 0 Å². The van der Waals surface area contributed by atoms with Crippen LogP contribution in [0.1, 0.15) is 22.9 Å². The van der Waals surface area contributed by atoms with Crippen molar-refractivity contribution in [2.24, 2.45) is 0 Å². The number of hydrogen-bond donors (Lipinski definition) is 1. The maximum absolute atomic E-state index is 6.17. The molecule has 0 spiro atoms. The van der Waals surface area contributed by atoms with Gasteiger partial charge in [-0.15, -0.1) is 0 Å². The molecule has 1 N–H and O–H groups in total. The predicted molar refractivity (Wildman–Crippen MR) is 149 cm³/mol. The Morgan fingerprint density at radius 2 is 1.97 bits per heavy atom. The van der Waals surface area contributed by atoms with Gasteiger partial charge >= 0.3 is 0 Å². The fourth-order valence-corrected chi connectivity index (χ4v) is 5.82. The first-order chi connectivity index (χ1) is 18.4. The Bertz CT molecular complexity index is 1470. The minimum absolute atomic E-state index is 0.480. The van der Waals surface area contributed by atoms with Gasteiger partial charge < -0.3 is 23.9 Å². The fourth-order valence-electron chi connectivity index (χ4n) is 5.06. The minimum Gasteiger partial charge on any atom is -0.372 e. The molecule has 0 radical (unpaired) electrons. The Labute approximate surface area is 224 Å². The second-order valence-corrected chi connectivity index (χ2v) is 16.9. The monoisotopic (exact) mass is 529 g/mol. The van der Waals surface area contributed by atoms with Crippen LogP contribution >= 0.6 is 0 Å². The first kappa shape index (κ1) is 25.1. The Hall–Kier alpha value is -3.18. The number of fused-ring (bicyclic) bond motifs is 2. The summed E-state index contributed by atoms with van der Waals surface area (Å²) in [4.78, 5) is 19.5. The van der Waals surface area contributed by atoms with Crippen molar-refractivity contribution in [2.45, 2.75) is 65.6 Å². The molecule has 2 aliphatic rings. The molecule has 0 saturated heterocycles. The summed E-state index contributed by atoms with van der Waals surface area (Å²) in [7, 11) is -1.16. The van der Waals surface area contributed by atoms with Gasteiger partial charge in [0.1, 0.15) is 30.5 Å². The van der Waals surface area contributed by atoms with Crippen molar-refractivity contribution in [3.05, 3.63) is 59.4 Å². The van der Waals surface area contributed by atoms with E-state index in [2.05, 4.69) is 46.2 Å². The third kappa shape index (κ3) is 4.96. The second kappa shape index (κ2) is 10.2. The summed E-state index contributed by atoms with van der Waals surface area (Å²) in [5.74, 6) is 1.77. The Balaban J connectivity index is 1.40. The van der Waals surface area contributed by atoms with Crippen molar-refractivity contribution < 1.29 is 9.47 Å². The van der Waals surface area contributed by atoms with E-state index in [4.69, 9.17) is 29.4 Å². The number of nitrogens with one attached hydrogen (secondary N) is 1. The SMILES string of the molecule is Cc1cccc(-c2nc3n(c2-c2ccnc(-c4nc5c(n4COCC[Si](C)(C)C)CNC5)c2)CCOC3)n1. The Morgan fingerprint density at radius 1 is 1.08 bits per heavy atom. The molecule has 2 aliphatic heterocycles. The lowest BCUT2D eigenvalue weighted by Crippen LogP contribution is -2.22. The summed E-state index contributed by atoms with van der Waals surface area (Å²) in [6.45, 7) is 13.8. The lowest BCUT2D eigenvalue weighted by Gasteiger charge is -2.18. The van der Waals surface area contributed by atoms with Gasteiger partial charge in [0, 0.05) is 51.8 Å². The van der Waals surface area contributed by atoms with Crippen molar-refractivity contribution in [3.63, 3.8) is 0 Å². The first-order valence-electron chi connectivity index (χ1n) is 13.3. The largest absolute Gasteiger partial charge is 0.372 e. The maximum Gasteiger partial charge on any atom is 0.161 e. The van der Waals surface area contributed by atoms with Crippen molar-refractivity contribution in [2.75, 3.05) is 13.2 Å². The molecule has 198 valence electrons. The highest BCUT2D eigenvalue weighted by Crippen LogP contribution is 2.35. The van der Waals surface area contributed by atoms with E-state index >= 15 is 0 Å². The molecule has 38 heavy (non-hydrogen) atoms. The normalized spacial score (nSPS) is 15.1. The summed E-state index contributed by atoms with van der Waals surface area (Å²) < 4.78 is 16.3. The molecule has 6 heterocycles. The van der Waals surface area contributed by atoms with Crippen molar-refractivity contribution >= 4 is 8.07 Å². The minimum atomic E-state index is -1.16. The van der Waals surface area contributed by atoms with Crippen LogP contribution in [0.4, 0.5) is 0 Å². The highest BCUT2D eigenvalue weighted by atomic mass is 28.3. The van der Waals surface area contributed by atoms with Crippen LogP contribution in [0, 0.1) is 6.92 Å². The van der Waals surface area contributed by atoms with Crippen LogP contribution in [0.5, 0.6) is 0 Å². The van der Waals surface area contributed by atoms with Crippen molar-refractivity contribution in [1.82, 2.24) is 34.4 Å². The quantitative estimate of drug-likeness (QED) is 0.263. The maximum atomic E-state index is 6.17. The highest BCUT2D eigenvalue weighted by molar-refractivity contribution is 6.76. The van der Waals surface area contributed by atoms with Gasteiger partial charge in [0.25, 0.3) is 0 Å². The van der Waals surface area contributed by atoms with E-state index < -0.39 is 8.07 Å². The molecule has 0 fully saturated rings. The Kier molecular flexibility index (Phi) is 6.73. The zero-order valence-electron chi connectivity index (χ0n) is 22.6. The lowest BCUT2D eigenvalue weighted by atomic mass is 10.1. The summed E-state index contributed by atoms with van der Waals surface area (Å²) in [6, 6.07) is 11.4. The molecule has 9 nitrogen and oxygen atoms in total. The first-order valence-corrected chi connectivity index (χ1v) is 17.0. The molecule has 0 aromatic carbocycles. The number of rotatable bonds is 8. The van der Waals surface area contributed by atoms with E-state index in [0.29, 0.717) is 19.9 Å². The molecule has 4 aromatic heterocycles. The zero-order valence-corrected chi connectivity index (χ0v) is 23.6. The average Bonchev–Trinajstić information content (AvgIpc) is 3.59. The van der Waals surface area contributed by atoms with Crippen LogP contribution in [-0.4, -0.2) is 50.4 Å². The van der Waals surface area contributed by atoms with Crippen molar-refractivity contribution in [1.29, 1.82) is 0 Å². The molecule has 10 heteroatoms. The van der Waals surface area contributed by atoms with E-state index in [-0.39, 0.29) is 0 Å². The molecule has 0 aliphatic carbocycles. The van der Waals surface area contributed by atoms with Gasteiger partial charge in [-0.25, -0.2) is 9.97 Å². The zero-order chi connectivity index (χ0) is 26.3. The van der Waals surface area contributed by atoms with Gasteiger partial charge in [-0.2, -0.15) is 0 Å². The van der Waals surface area contributed by atoms with Gasteiger partial charge in [0.15, 0.2) is 5.82 Å². The number of aromatic nitrogens is 6. The number of pyridine rings is 2. The molecule has 0 unspecified atom stereocenters. The smallest absolute Gasteiger partial charge is 0.161 e. The van der Waals surface area contributed by atoms with Gasteiger partial charge in [0.05, 0.1) is 29.4 Å². The third-order valence-corrected chi connectivity index (χ3v) is 8.79. The molecule has 0 amide bonds. The number of imidazole rings is 2. The number of nitrogens with zero attached hydrogens (tertiary/aromatic N) is 6.